The molecule has 0 saturated carbocycles. The number of hydrogen-bond acceptors (Lipinski definition) is 2. The molecular weight excluding hydrogens is 537 g/mol. The van der Waals surface area contributed by atoms with Crippen LogP contribution in [-0.2, 0) is 0 Å². The zero-order valence-electron chi connectivity index (χ0n) is 16.6. The van der Waals surface area contributed by atoms with Gasteiger partial charge < -0.3 is 0 Å². The Labute approximate surface area is 201 Å². The largest absolute Gasteiger partial charge is 0.270 e. The summed E-state index contributed by atoms with van der Waals surface area (Å²) in [4.78, 5) is 10.9. The maximum Gasteiger partial charge on any atom is 0.270 e. The van der Waals surface area contributed by atoms with Gasteiger partial charge in [0.2, 0.25) is 0 Å². The molecule has 0 unspecified atom stereocenters. The van der Waals surface area contributed by atoms with Crippen molar-refractivity contribution in [2.24, 2.45) is 0 Å². The van der Waals surface area contributed by atoms with E-state index in [2.05, 4.69) is 31.9 Å². The Kier molecular flexibility index (Phi) is 6.63. The van der Waals surface area contributed by atoms with Crippen LogP contribution < -0.4 is 0 Å². The molecule has 0 radical (unpaired) electrons. The summed E-state index contributed by atoms with van der Waals surface area (Å²) >= 11 is 7.08. The minimum absolute atomic E-state index is 0.00254. The quantitative estimate of drug-likeness (QED) is 0.142. The fourth-order valence-corrected chi connectivity index (χ4v) is 4.71. The molecule has 0 N–H and O–H groups in total. The van der Waals surface area contributed by atoms with Crippen molar-refractivity contribution < 1.29 is 9.31 Å². The Morgan fingerprint density at radius 1 is 0.688 bits per heavy atom. The maximum absolute atomic E-state index is 13.9. The Morgan fingerprint density at radius 2 is 1.16 bits per heavy atom. The van der Waals surface area contributed by atoms with Crippen molar-refractivity contribution in [2.75, 3.05) is 0 Å². The highest BCUT2D eigenvalue weighted by Crippen LogP contribution is 2.42. The van der Waals surface area contributed by atoms with Gasteiger partial charge in [0.1, 0.15) is 5.82 Å². The van der Waals surface area contributed by atoms with Crippen LogP contribution in [0, 0.1) is 15.9 Å². The molecule has 0 saturated heterocycles. The lowest BCUT2D eigenvalue weighted by atomic mass is 9.85. The van der Waals surface area contributed by atoms with Crippen LogP contribution in [0.5, 0.6) is 0 Å². The lowest BCUT2D eigenvalue weighted by molar-refractivity contribution is -0.384. The first-order valence-electron chi connectivity index (χ1n) is 9.70. The van der Waals surface area contributed by atoms with E-state index in [0.717, 1.165) is 33.4 Å². The number of rotatable bonds is 5. The van der Waals surface area contributed by atoms with Crippen LogP contribution in [0.1, 0.15) is 22.3 Å². The van der Waals surface area contributed by atoms with Gasteiger partial charge in [0.25, 0.3) is 5.69 Å². The highest BCUT2D eigenvalue weighted by Gasteiger charge is 2.21. The van der Waals surface area contributed by atoms with Crippen LogP contribution in [0.3, 0.4) is 0 Å². The van der Waals surface area contributed by atoms with Gasteiger partial charge in [0, 0.05) is 21.1 Å². The number of hydrogen-bond donors (Lipinski definition) is 0. The first-order valence-corrected chi connectivity index (χ1v) is 11.3. The normalized spacial score (nSPS) is 11.7. The fourth-order valence-electron chi connectivity index (χ4n) is 3.59. The molecule has 0 aromatic heterocycles. The second-order valence-corrected chi connectivity index (χ2v) is 8.74. The lowest BCUT2D eigenvalue weighted by Crippen LogP contribution is -2.00. The molecule has 0 bridgehead atoms. The molecule has 158 valence electrons. The van der Waals surface area contributed by atoms with Crippen LogP contribution in [0.25, 0.3) is 11.1 Å². The first-order chi connectivity index (χ1) is 15.5. The molecule has 0 aliphatic rings. The average Bonchev–Trinajstić information content (AvgIpc) is 2.79. The van der Waals surface area contributed by atoms with Gasteiger partial charge in [0.15, 0.2) is 0 Å². The minimum atomic E-state index is -0.422. The summed E-state index contributed by atoms with van der Waals surface area (Å²) in [6, 6.07) is 28.9. The molecule has 0 amide bonds. The molecule has 6 heteroatoms. The molecular formula is C26H16Br2FNO2. The predicted molar refractivity (Wildman–Crippen MR) is 133 cm³/mol. The van der Waals surface area contributed by atoms with Gasteiger partial charge in [-0.1, -0.05) is 82.7 Å². The number of halogens is 3. The summed E-state index contributed by atoms with van der Waals surface area (Å²) in [6.45, 7) is 0. The minimum Gasteiger partial charge on any atom is -0.258 e. The van der Waals surface area contributed by atoms with Gasteiger partial charge >= 0.3 is 0 Å². The number of nitro benzene ring substituents is 1. The summed E-state index contributed by atoms with van der Waals surface area (Å²) in [7, 11) is 0. The van der Waals surface area contributed by atoms with Crippen molar-refractivity contribution in [1.29, 1.82) is 0 Å². The van der Waals surface area contributed by atoms with E-state index in [1.165, 1.54) is 24.3 Å². The monoisotopic (exact) mass is 551 g/mol. The highest BCUT2D eigenvalue weighted by atomic mass is 79.9. The van der Waals surface area contributed by atoms with E-state index in [1.807, 2.05) is 60.7 Å². The SMILES string of the molecule is O=[N+]([O-])c1ccc(/C(=C(\c2ccccc2)c2ccc(F)cc2Br)c2ccccc2)c(Br)c1. The molecule has 0 aliphatic carbocycles. The van der Waals surface area contributed by atoms with E-state index < -0.39 is 4.92 Å². The third kappa shape index (κ3) is 4.56. The third-order valence-corrected chi connectivity index (χ3v) is 6.32. The Hall–Kier alpha value is -3.09. The summed E-state index contributed by atoms with van der Waals surface area (Å²) in [5, 5.41) is 11.3. The van der Waals surface area contributed by atoms with Gasteiger partial charge in [-0.3, -0.25) is 10.1 Å². The van der Waals surface area contributed by atoms with E-state index in [9.17, 15) is 14.5 Å². The predicted octanol–water partition coefficient (Wildman–Crippen LogP) is 8.27. The molecule has 4 aromatic carbocycles. The molecule has 0 aliphatic heterocycles. The zero-order chi connectivity index (χ0) is 22.7. The van der Waals surface area contributed by atoms with Crippen LogP contribution >= 0.6 is 31.9 Å². The summed E-state index contributed by atoms with van der Waals surface area (Å²) < 4.78 is 15.1. The van der Waals surface area contributed by atoms with Gasteiger partial charge in [-0.2, -0.15) is 0 Å². The van der Waals surface area contributed by atoms with Crippen LogP contribution in [-0.4, -0.2) is 4.92 Å². The van der Waals surface area contributed by atoms with Crippen molar-refractivity contribution in [3.63, 3.8) is 0 Å². The maximum atomic E-state index is 13.9. The van der Waals surface area contributed by atoms with Crippen LogP contribution in [0.15, 0.2) is 106 Å². The summed E-state index contributed by atoms with van der Waals surface area (Å²) in [5.74, 6) is -0.342. The van der Waals surface area contributed by atoms with Crippen molar-refractivity contribution in [3.8, 4) is 0 Å². The summed E-state index contributed by atoms with van der Waals surface area (Å²) in [5.41, 5.74) is 5.20. The Bertz CT molecular complexity index is 1320. The third-order valence-electron chi connectivity index (χ3n) is 5.01. The number of nitrogens with zero attached hydrogens (tertiary/aromatic N) is 1. The van der Waals surface area contributed by atoms with Crippen LogP contribution in [0.2, 0.25) is 0 Å². The molecule has 4 aromatic rings. The first kappa shape index (κ1) is 22.1. The molecule has 4 rings (SSSR count). The Balaban J connectivity index is 2.14. The molecule has 0 fully saturated rings. The second kappa shape index (κ2) is 9.59. The van der Waals surface area contributed by atoms with Gasteiger partial charge in [-0.15, -0.1) is 0 Å². The highest BCUT2D eigenvalue weighted by molar-refractivity contribution is 9.10. The zero-order valence-corrected chi connectivity index (χ0v) is 19.8. The smallest absolute Gasteiger partial charge is 0.258 e. The van der Waals surface area contributed by atoms with Gasteiger partial charge in [-0.05, 0) is 67.5 Å². The van der Waals surface area contributed by atoms with Crippen molar-refractivity contribution in [3.05, 3.63) is 144 Å². The molecule has 3 nitrogen and oxygen atoms in total. The van der Waals surface area contributed by atoms with Crippen molar-refractivity contribution >= 4 is 48.7 Å². The fraction of sp³-hybridized carbons (Fsp3) is 0. The molecule has 0 atom stereocenters. The molecule has 32 heavy (non-hydrogen) atoms. The topological polar surface area (TPSA) is 43.1 Å². The molecule has 0 spiro atoms. The van der Waals surface area contributed by atoms with Gasteiger partial charge in [-0.25, -0.2) is 4.39 Å². The number of benzene rings is 4. The lowest BCUT2D eigenvalue weighted by Gasteiger charge is -2.20. The van der Waals surface area contributed by atoms with E-state index in [0.29, 0.717) is 8.95 Å². The van der Waals surface area contributed by atoms with Crippen molar-refractivity contribution in [1.82, 2.24) is 0 Å². The Morgan fingerprint density at radius 3 is 1.59 bits per heavy atom. The number of nitro groups is 1. The average molecular weight is 553 g/mol. The van der Waals surface area contributed by atoms with Gasteiger partial charge in [0.05, 0.1) is 4.92 Å². The summed E-state index contributed by atoms with van der Waals surface area (Å²) in [6.07, 6.45) is 0. The molecule has 0 heterocycles. The van der Waals surface area contributed by atoms with Crippen LogP contribution in [0.4, 0.5) is 10.1 Å². The van der Waals surface area contributed by atoms with E-state index in [4.69, 9.17) is 0 Å². The second-order valence-electron chi connectivity index (χ2n) is 7.03. The number of non-ortho nitro benzene ring substituents is 1. The van der Waals surface area contributed by atoms with E-state index in [-0.39, 0.29) is 11.5 Å². The van der Waals surface area contributed by atoms with E-state index in [1.54, 1.807) is 12.1 Å². The standard InChI is InChI=1S/C26H16Br2FNO2/c27-23-15-19(29)11-13-21(23)25(17-7-3-1-4-8-17)26(18-9-5-2-6-10-18)22-14-12-20(30(31)32)16-24(22)28/h1-16H/b26-25+. The van der Waals surface area contributed by atoms with E-state index >= 15 is 0 Å². The van der Waals surface area contributed by atoms with Crippen molar-refractivity contribution in [2.45, 2.75) is 0 Å².